The molecule has 1 aromatic carbocycles. The first-order chi connectivity index (χ1) is 12.6. The van der Waals surface area contributed by atoms with E-state index in [0.29, 0.717) is 15.9 Å². The van der Waals surface area contributed by atoms with Crippen molar-refractivity contribution in [3.05, 3.63) is 24.3 Å². The molecule has 7 nitrogen and oxygen atoms in total. The number of benzene rings is 1. The molecule has 2 amide bonds. The monoisotopic (exact) mass is 407 g/mol. The first-order valence-electron chi connectivity index (χ1n) is 8.46. The van der Waals surface area contributed by atoms with Crippen LogP contribution in [0.15, 0.2) is 28.6 Å². The number of carbonyl (C=O) groups excluding carboxylic acids is 2. The summed E-state index contributed by atoms with van der Waals surface area (Å²) in [6.45, 7) is 6.00. The molecule has 0 unspecified atom stereocenters. The van der Waals surface area contributed by atoms with Crippen molar-refractivity contribution in [1.82, 2.24) is 10.2 Å². The lowest BCUT2D eigenvalue weighted by atomic mass is 9.92. The Hall–Kier alpha value is -2.13. The molecule has 0 spiro atoms. The molecular formula is C18H25N5O2S2. The lowest BCUT2D eigenvalue weighted by Gasteiger charge is -2.16. The van der Waals surface area contributed by atoms with E-state index in [-0.39, 0.29) is 23.0 Å². The predicted octanol–water partition coefficient (Wildman–Crippen LogP) is 3.71. The second-order valence-corrected chi connectivity index (χ2v) is 9.64. The maximum atomic E-state index is 12.1. The van der Waals surface area contributed by atoms with Gasteiger partial charge in [0.05, 0.1) is 5.75 Å². The van der Waals surface area contributed by atoms with Crippen LogP contribution >= 0.6 is 23.1 Å². The minimum absolute atomic E-state index is 0.0881. The molecule has 0 radical (unpaired) electrons. The van der Waals surface area contributed by atoms with Gasteiger partial charge in [-0.1, -0.05) is 43.9 Å². The van der Waals surface area contributed by atoms with Gasteiger partial charge in [-0.15, -0.1) is 10.2 Å². The molecule has 0 bridgehead atoms. The zero-order valence-electron chi connectivity index (χ0n) is 16.2. The average Bonchev–Trinajstić information content (AvgIpc) is 2.99. The largest absolute Gasteiger partial charge is 0.378 e. The summed E-state index contributed by atoms with van der Waals surface area (Å²) in [6, 6.07) is 7.62. The second kappa shape index (κ2) is 9.18. The smallest absolute Gasteiger partial charge is 0.234 e. The molecule has 2 N–H and O–H groups in total. The standard InChI is InChI=1S/C18H25N5O2S2/c1-18(2,3)10-14(24)20-16-21-22-17(27-16)26-11-15(25)19-12-6-8-13(9-7-12)23(4)5/h6-9H,10-11H2,1-5H3,(H,19,25)(H,20,21,24). The van der Waals surface area contributed by atoms with Crippen molar-refractivity contribution in [2.45, 2.75) is 31.5 Å². The Morgan fingerprint density at radius 2 is 1.74 bits per heavy atom. The van der Waals surface area contributed by atoms with E-state index >= 15 is 0 Å². The number of aromatic nitrogens is 2. The number of thioether (sulfide) groups is 1. The highest BCUT2D eigenvalue weighted by Crippen LogP contribution is 2.27. The van der Waals surface area contributed by atoms with Gasteiger partial charge in [-0.05, 0) is 29.7 Å². The molecule has 2 rings (SSSR count). The van der Waals surface area contributed by atoms with Crippen LogP contribution in [0.1, 0.15) is 27.2 Å². The van der Waals surface area contributed by atoms with Crippen LogP contribution in [0.4, 0.5) is 16.5 Å². The van der Waals surface area contributed by atoms with Crippen molar-refractivity contribution in [2.75, 3.05) is 35.4 Å². The van der Waals surface area contributed by atoms with Crippen molar-refractivity contribution in [1.29, 1.82) is 0 Å². The molecule has 27 heavy (non-hydrogen) atoms. The van der Waals surface area contributed by atoms with E-state index in [9.17, 15) is 9.59 Å². The molecule has 1 aromatic heterocycles. The third kappa shape index (κ3) is 7.56. The van der Waals surface area contributed by atoms with Gasteiger partial charge < -0.3 is 15.5 Å². The Balaban J connectivity index is 1.80. The van der Waals surface area contributed by atoms with Gasteiger partial charge in [0.25, 0.3) is 0 Å². The summed E-state index contributed by atoms with van der Waals surface area (Å²) in [6.07, 6.45) is 0.407. The SMILES string of the molecule is CN(C)c1ccc(NC(=O)CSc2nnc(NC(=O)CC(C)(C)C)s2)cc1. The van der Waals surface area contributed by atoms with E-state index in [4.69, 9.17) is 0 Å². The zero-order chi connectivity index (χ0) is 20.0. The van der Waals surface area contributed by atoms with Crippen LogP contribution in [0.5, 0.6) is 0 Å². The van der Waals surface area contributed by atoms with Crippen molar-refractivity contribution in [2.24, 2.45) is 5.41 Å². The van der Waals surface area contributed by atoms with E-state index in [1.807, 2.05) is 64.0 Å². The van der Waals surface area contributed by atoms with Gasteiger partial charge in [0, 0.05) is 31.9 Å². The fourth-order valence-corrected chi connectivity index (χ4v) is 3.70. The fourth-order valence-electron chi connectivity index (χ4n) is 2.13. The van der Waals surface area contributed by atoms with E-state index in [0.717, 1.165) is 11.4 Å². The molecule has 0 aliphatic heterocycles. The van der Waals surface area contributed by atoms with Crippen molar-refractivity contribution in [3.63, 3.8) is 0 Å². The Morgan fingerprint density at radius 1 is 1.07 bits per heavy atom. The Kier molecular flexibility index (Phi) is 7.20. The lowest BCUT2D eigenvalue weighted by Crippen LogP contribution is -2.19. The zero-order valence-corrected chi connectivity index (χ0v) is 17.8. The lowest BCUT2D eigenvalue weighted by molar-refractivity contribution is -0.118. The van der Waals surface area contributed by atoms with Crippen LogP contribution in [0.25, 0.3) is 0 Å². The second-order valence-electron chi connectivity index (χ2n) is 7.44. The topological polar surface area (TPSA) is 87.2 Å². The molecule has 1 heterocycles. The summed E-state index contributed by atoms with van der Waals surface area (Å²) in [5.74, 6) is 0.0141. The molecular weight excluding hydrogens is 382 g/mol. The van der Waals surface area contributed by atoms with Crippen LogP contribution in [0, 0.1) is 5.41 Å². The minimum Gasteiger partial charge on any atom is -0.378 e. The molecule has 0 aliphatic rings. The van der Waals surface area contributed by atoms with Gasteiger partial charge in [-0.3, -0.25) is 9.59 Å². The van der Waals surface area contributed by atoms with Crippen LogP contribution in [0.2, 0.25) is 0 Å². The summed E-state index contributed by atoms with van der Waals surface area (Å²) in [5, 5.41) is 14.0. The van der Waals surface area contributed by atoms with E-state index in [1.165, 1.54) is 23.1 Å². The number of nitrogens with one attached hydrogen (secondary N) is 2. The molecule has 9 heteroatoms. The van der Waals surface area contributed by atoms with E-state index < -0.39 is 0 Å². The number of amides is 2. The quantitative estimate of drug-likeness (QED) is 0.537. The number of carbonyl (C=O) groups is 2. The number of hydrogen-bond acceptors (Lipinski definition) is 7. The van der Waals surface area contributed by atoms with Crippen molar-refractivity contribution in [3.8, 4) is 0 Å². The molecule has 2 aromatic rings. The van der Waals surface area contributed by atoms with Crippen LogP contribution in [0.3, 0.4) is 0 Å². The van der Waals surface area contributed by atoms with Gasteiger partial charge in [-0.25, -0.2) is 0 Å². The minimum atomic E-state index is -0.119. The number of hydrogen-bond donors (Lipinski definition) is 2. The van der Waals surface area contributed by atoms with E-state index in [2.05, 4.69) is 20.8 Å². The molecule has 0 atom stereocenters. The maximum absolute atomic E-state index is 12.1. The molecule has 0 saturated carbocycles. The molecule has 0 aliphatic carbocycles. The Bertz CT molecular complexity index is 782. The normalized spacial score (nSPS) is 11.1. The summed E-state index contributed by atoms with van der Waals surface area (Å²) in [5.41, 5.74) is 1.73. The third-order valence-electron chi connectivity index (χ3n) is 3.34. The maximum Gasteiger partial charge on any atom is 0.234 e. The molecule has 0 saturated heterocycles. The number of anilines is 3. The summed E-state index contributed by atoms with van der Waals surface area (Å²) >= 11 is 2.55. The number of rotatable bonds is 7. The van der Waals surface area contributed by atoms with Crippen LogP contribution < -0.4 is 15.5 Å². The first kappa shape index (κ1) is 21.2. The highest BCUT2D eigenvalue weighted by Gasteiger charge is 2.17. The van der Waals surface area contributed by atoms with Crippen molar-refractivity contribution < 1.29 is 9.59 Å². The first-order valence-corrected chi connectivity index (χ1v) is 10.3. The van der Waals surface area contributed by atoms with Crippen LogP contribution in [-0.4, -0.2) is 41.9 Å². The average molecular weight is 408 g/mol. The highest BCUT2D eigenvalue weighted by molar-refractivity contribution is 8.01. The van der Waals surface area contributed by atoms with Gasteiger partial charge in [0.2, 0.25) is 16.9 Å². The van der Waals surface area contributed by atoms with Crippen LogP contribution in [-0.2, 0) is 9.59 Å². The van der Waals surface area contributed by atoms with Gasteiger partial charge in [0.1, 0.15) is 0 Å². The fraction of sp³-hybridized carbons (Fsp3) is 0.444. The van der Waals surface area contributed by atoms with Gasteiger partial charge in [-0.2, -0.15) is 0 Å². The molecule has 0 fully saturated rings. The summed E-state index contributed by atoms with van der Waals surface area (Å²) in [7, 11) is 3.93. The summed E-state index contributed by atoms with van der Waals surface area (Å²) in [4.78, 5) is 26.0. The Labute approximate surface area is 167 Å². The predicted molar refractivity (Wildman–Crippen MR) is 113 cm³/mol. The van der Waals surface area contributed by atoms with E-state index in [1.54, 1.807) is 0 Å². The third-order valence-corrected chi connectivity index (χ3v) is 5.31. The Morgan fingerprint density at radius 3 is 2.33 bits per heavy atom. The highest BCUT2D eigenvalue weighted by atomic mass is 32.2. The molecule has 146 valence electrons. The van der Waals surface area contributed by atoms with Gasteiger partial charge >= 0.3 is 0 Å². The summed E-state index contributed by atoms with van der Waals surface area (Å²) < 4.78 is 0.638. The van der Waals surface area contributed by atoms with Crippen molar-refractivity contribution >= 4 is 51.4 Å². The number of nitrogens with zero attached hydrogens (tertiary/aromatic N) is 3. The van der Waals surface area contributed by atoms with Gasteiger partial charge in [0.15, 0.2) is 4.34 Å².